The first-order chi connectivity index (χ1) is 12.5. The van der Waals surface area contributed by atoms with E-state index >= 15 is 0 Å². The predicted octanol–water partition coefficient (Wildman–Crippen LogP) is 2.07. The van der Waals surface area contributed by atoms with E-state index in [0.717, 1.165) is 5.56 Å². The zero-order chi connectivity index (χ0) is 18.5. The summed E-state index contributed by atoms with van der Waals surface area (Å²) in [5.41, 5.74) is 1.49. The molecule has 0 radical (unpaired) electrons. The van der Waals surface area contributed by atoms with E-state index in [1.807, 2.05) is 30.3 Å². The first-order valence-corrected chi connectivity index (χ1v) is 8.34. The van der Waals surface area contributed by atoms with E-state index in [1.165, 1.54) is 12.3 Å². The first kappa shape index (κ1) is 17.8. The molecule has 0 aliphatic carbocycles. The Morgan fingerprint density at radius 2 is 2.08 bits per heavy atom. The Labute approximate surface area is 151 Å². The average molecular weight is 352 g/mol. The number of rotatable bonds is 6. The van der Waals surface area contributed by atoms with E-state index in [-0.39, 0.29) is 29.6 Å². The van der Waals surface area contributed by atoms with Crippen LogP contribution >= 0.6 is 0 Å². The number of aliphatic hydroxyl groups excluding tert-OH is 1. The molecule has 26 heavy (non-hydrogen) atoms. The Kier molecular flexibility index (Phi) is 5.38. The molecular formula is C19H20N4O3. The number of hydrogen-bond acceptors (Lipinski definition) is 6. The summed E-state index contributed by atoms with van der Waals surface area (Å²) in [5, 5.41) is 25.5. The summed E-state index contributed by atoms with van der Waals surface area (Å²) in [4.78, 5) is 17.9. The number of benzene rings is 1. The molecular weight excluding hydrogens is 332 g/mol. The molecule has 7 heteroatoms. The average Bonchev–Trinajstić information content (AvgIpc) is 3.29. The molecule has 3 N–H and O–H groups in total. The Morgan fingerprint density at radius 3 is 2.77 bits per heavy atom. The predicted molar refractivity (Wildman–Crippen MR) is 96.9 cm³/mol. The molecule has 1 aliphatic rings. The molecule has 2 heterocycles. The van der Waals surface area contributed by atoms with Gasteiger partial charge < -0.3 is 25.2 Å². The second kappa shape index (κ2) is 7.88. The molecule has 1 fully saturated rings. The van der Waals surface area contributed by atoms with Crippen molar-refractivity contribution in [1.82, 2.24) is 9.88 Å². The van der Waals surface area contributed by atoms with Crippen LogP contribution < -0.4 is 0 Å². The lowest BCUT2D eigenvalue weighted by Gasteiger charge is -2.12. The maximum absolute atomic E-state index is 12.3. The van der Waals surface area contributed by atoms with E-state index in [9.17, 15) is 9.90 Å². The van der Waals surface area contributed by atoms with E-state index in [0.29, 0.717) is 25.2 Å². The largest absolute Gasteiger partial charge is 0.448 e. The Morgan fingerprint density at radius 1 is 1.31 bits per heavy atom. The molecule has 1 aliphatic heterocycles. The fraction of sp³-hybridized carbons (Fsp3) is 0.263. The second-order valence-corrected chi connectivity index (χ2v) is 6.14. The van der Waals surface area contributed by atoms with Crippen molar-refractivity contribution in [3.63, 3.8) is 0 Å². The van der Waals surface area contributed by atoms with Crippen molar-refractivity contribution in [3.8, 4) is 0 Å². The van der Waals surface area contributed by atoms with Gasteiger partial charge in [0.1, 0.15) is 6.26 Å². The minimum absolute atomic E-state index is 0.133. The quantitative estimate of drug-likeness (QED) is 0.690. The molecule has 1 atom stereocenters. The summed E-state index contributed by atoms with van der Waals surface area (Å²) >= 11 is 0. The van der Waals surface area contributed by atoms with Crippen LogP contribution in [0.15, 0.2) is 53.2 Å². The number of nitrogens with zero attached hydrogens (tertiary/aromatic N) is 2. The van der Waals surface area contributed by atoms with Crippen LogP contribution in [0.25, 0.3) is 0 Å². The molecule has 0 saturated carbocycles. The third-order valence-corrected chi connectivity index (χ3v) is 4.10. The summed E-state index contributed by atoms with van der Waals surface area (Å²) in [6.07, 6.45) is 4.58. The monoisotopic (exact) mass is 352 g/mol. The molecule has 1 aromatic heterocycles. The number of carbonyl (C=O) groups is 1. The molecule has 1 aromatic carbocycles. The van der Waals surface area contributed by atoms with Crippen LogP contribution in [0, 0.1) is 10.8 Å². The summed E-state index contributed by atoms with van der Waals surface area (Å²) in [7, 11) is 0. The SMILES string of the molecule is N=C(/C=C\C(=N)c1ccccc1)Cc1nc(C(=O)N2CCC(O)C2)co1. The van der Waals surface area contributed by atoms with E-state index in [4.69, 9.17) is 15.2 Å². The lowest BCUT2D eigenvalue weighted by molar-refractivity contribution is 0.0759. The van der Waals surface area contributed by atoms with Gasteiger partial charge in [-0.05, 0) is 24.1 Å². The molecule has 3 rings (SSSR count). The summed E-state index contributed by atoms with van der Waals surface area (Å²) in [6, 6.07) is 9.25. The highest BCUT2D eigenvalue weighted by Gasteiger charge is 2.27. The number of aromatic nitrogens is 1. The molecule has 2 aromatic rings. The van der Waals surface area contributed by atoms with Crippen molar-refractivity contribution in [2.75, 3.05) is 13.1 Å². The minimum atomic E-state index is -0.483. The molecule has 1 amide bonds. The van der Waals surface area contributed by atoms with E-state index in [2.05, 4.69) is 4.98 Å². The van der Waals surface area contributed by atoms with Gasteiger partial charge in [-0.2, -0.15) is 0 Å². The smallest absolute Gasteiger partial charge is 0.275 e. The molecule has 134 valence electrons. The lowest BCUT2D eigenvalue weighted by Crippen LogP contribution is -2.29. The van der Waals surface area contributed by atoms with E-state index < -0.39 is 6.10 Å². The Balaban J connectivity index is 1.57. The van der Waals surface area contributed by atoms with Gasteiger partial charge in [-0.15, -0.1) is 0 Å². The van der Waals surface area contributed by atoms with Crippen molar-refractivity contribution in [2.24, 2.45) is 0 Å². The van der Waals surface area contributed by atoms with Crippen molar-refractivity contribution < 1.29 is 14.3 Å². The fourth-order valence-electron chi connectivity index (χ4n) is 2.70. The number of amides is 1. The van der Waals surface area contributed by atoms with Crippen molar-refractivity contribution in [3.05, 3.63) is 65.9 Å². The highest BCUT2D eigenvalue weighted by atomic mass is 16.3. The van der Waals surface area contributed by atoms with Crippen LogP contribution in [0.4, 0.5) is 0 Å². The maximum Gasteiger partial charge on any atom is 0.275 e. The Bertz CT molecular complexity index is 841. The van der Waals surface area contributed by atoms with Gasteiger partial charge in [0, 0.05) is 18.8 Å². The van der Waals surface area contributed by atoms with Crippen LogP contribution in [0.2, 0.25) is 0 Å². The number of nitrogens with one attached hydrogen (secondary N) is 2. The van der Waals surface area contributed by atoms with Crippen molar-refractivity contribution in [2.45, 2.75) is 18.9 Å². The van der Waals surface area contributed by atoms with E-state index in [1.54, 1.807) is 11.0 Å². The highest BCUT2D eigenvalue weighted by Crippen LogP contribution is 2.14. The van der Waals surface area contributed by atoms with Crippen molar-refractivity contribution >= 4 is 17.3 Å². The lowest BCUT2D eigenvalue weighted by atomic mass is 10.1. The second-order valence-electron chi connectivity index (χ2n) is 6.14. The zero-order valence-corrected chi connectivity index (χ0v) is 14.2. The van der Waals surface area contributed by atoms with Gasteiger partial charge in [-0.3, -0.25) is 4.79 Å². The van der Waals surface area contributed by atoms with Gasteiger partial charge >= 0.3 is 0 Å². The highest BCUT2D eigenvalue weighted by molar-refractivity contribution is 6.10. The number of allylic oxidation sites excluding steroid dienone is 2. The van der Waals surface area contributed by atoms with Crippen LogP contribution in [0.1, 0.15) is 28.4 Å². The molecule has 1 saturated heterocycles. The van der Waals surface area contributed by atoms with Gasteiger partial charge in [0.25, 0.3) is 5.91 Å². The van der Waals surface area contributed by atoms with Crippen molar-refractivity contribution in [1.29, 1.82) is 10.8 Å². The summed E-state index contributed by atoms with van der Waals surface area (Å²) < 4.78 is 5.28. The van der Waals surface area contributed by atoms with Crippen LogP contribution in [-0.4, -0.2) is 51.5 Å². The first-order valence-electron chi connectivity index (χ1n) is 8.34. The number of hydrogen-bond donors (Lipinski definition) is 3. The molecule has 0 spiro atoms. The third kappa shape index (κ3) is 4.31. The van der Waals surface area contributed by atoms with Crippen LogP contribution in [0.5, 0.6) is 0 Å². The van der Waals surface area contributed by atoms with Gasteiger partial charge in [-0.1, -0.05) is 30.3 Å². The summed E-state index contributed by atoms with van der Waals surface area (Å²) in [5.74, 6) is -0.00142. The number of aliphatic hydroxyl groups is 1. The number of oxazole rings is 1. The standard InChI is InChI=1S/C19H20N4O3/c20-14(6-7-16(21)13-4-2-1-3-5-13)10-18-22-17(12-26-18)19(25)23-9-8-15(24)11-23/h1-7,12,15,20-21,24H,8-11H2/b7-6-,20-14?,21-16?. The number of carbonyl (C=O) groups excluding carboxylic acids is 1. The van der Waals surface area contributed by atoms with Gasteiger partial charge in [0.2, 0.25) is 5.89 Å². The van der Waals surface area contributed by atoms with Crippen LogP contribution in [0.3, 0.4) is 0 Å². The Hall–Kier alpha value is -3.06. The fourth-order valence-corrected chi connectivity index (χ4v) is 2.70. The number of likely N-dealkylation sites (tertiary alicyclic amines) is 1. The topological polar surface area (TPSA) is 114 Å². The molecule has 0 bridgehead atoms. The number of β-amino-alcohol motifs (C(OH)–C–C–N with tert-alkyl or cyclic N) is 1. The third-order valence-electron chi connectivity index (χ3n) is 4.10. The summed E-state index contributed by atoms with van der Waals surface area (Å²) in [6.45, 7) is 0.809. The normalized spacial score (nSPS) is 17.0. The van der Waals surface area contributed by atoms with Crippen LogP contribution in [-0.2, 0) is 6.42 Å². The maximum atomic E-state index is 12.3. The molecule has 7 nitrogen and oxygen atoms in total. The van der Waals surface area contributed by atoms with Gasteiger partial charge in [0.15, 0.2) is 5.69 Å². The van der Waals surface area contributed by atoms with Gasteiger partial charge in [0.05, 0.1) is 18.2 Å². The zero-order valence-electron chi connectivity index (χ0n) is 14.2. The minimum Gasteiger partial charge on any atom is -0.448 e. The van der Waals surface area contributed by atoms with Gasteiger partial charge in [-0.25, -0.2) is 4.98 Å². The molecule has 1 unspecified atom stereocenters.